The number of nitrogens with one attached hydrogen (secondary N) is 1. The molecule has 3 nitrogen and oxygen atoms in total. The molecule has 5 N–H and O–H groups in total. The van der Waals surface area contributed by atoms with E-state index in [0.717, 1.165) is 19.5 Å². The first kappa shape index (κ1) is 11.7. The number of hydrogen-bond acceptors (Lipinski definition) is 3. The van der Waals surface area contributed by atoms with Gasteiger partial charge in [0.2, 0.25) is 0 Å². The molecule has 0 aromatic rings. The summed E-state index contributed by atoms with van der Waals surface area (Å²) in [6.07, 6.45) is 1.05. The van der Waals surface area contributed by atoms with Gasteiger partial charge in [0.05, 0.1) is 0 Å². The molecule has 0 unspecified atom stereocenters. The van der Waals surface area contributed by atoms with Crippen LogP contribution in [0.15, 0.2) is 0 Å². The molecule has 0 aliphatic carbocycles. The Bertz CT molecular complexity index is 90.2. The van der Waals surface area contributed by atoms with Gasteiger partial charge in [-0.3, -0.25) is 0 Å². The van der Waals surface area contributed by atoms with Gasteiger partial charge in [0.25, 0.3) is 0 Å². The van der Waals surface area contributed by atoms with Crippen molar-refractivity contribution in [1.29, 1.82) is 0 Å². The Morgan fingerprint density at radius 1 is 1.45 bits per heavy atom. The first-order valence-electron chi connectivity index (χ1n) is 4.01. The molecule has 0 fully saturated rings. The number of hydrogen-bond donors (Lipinski definition) is 3. The molecule has 0 amide bonds. The Morgan fingerprint density at radius 3 is 2.55 bits per heavy atom. The van der Waals surface area contributed by atoms with Crippen LogP contribution in [0.3, 0.4) is 0 Å². The molecule has 0 heterocycles. The van der Waals surface area contributed by atoms with Gasteiger partial charge in [-0.15, -0.1) is 0 Å². The van der Waals surface area contributed by atoms with E-state index in [-0.39, 0.29) is 27.0 Å². The summed E-state index contributed by atoms with van der Waals surface area (Å²) in [6, 6.07) is 0. The fourth-order valence-electron chi connectivity index (χ4n) is 0.634. The Balaban J connectivity index is 3.02. The maximum atomic E-state index is 5.80. The van der Waals surface area contributed by atoms with Gasteiger partial charge in [-0.1, -0.05) is 0 Å². The molecule has 11 heavy (non-hydrogen) atoms. The van der Waals surface area contributed by atoms with Crippen molar-refractivity contribution >= 4 is 21.4 Å². The van der Waals surface area contributed by atoms with Gasteiger partial charge in [0.15, 0.2) is 0 Å². The Labute approximate surface area is 79.9 Å². The molecule has 0 spiro atoms. The topological polar surface area (TPSA) is 64.1 Å². The molecule has 66 valence electrons. The van der Waals surface area contributed by atoms with Crippen LogP contribution in [-0.2, 0) is 0 Å². The van der Waals surface area contributed by atoms with Crippen molar-refractivity contribution in [3.05, 3.63) is 0 Å². The predicted molar refractivity (Wildman–Crippen MR) is 50.5 cm³/mol. The van der Waals surface area contributed by atoms with Crippen molar-refractivity contribution in [1.82, 2.24) is 3.54 Å². The van der Waals surface area contributed by atoms with Crippen LogP contribution in [0.1, 0.15) is 20.3 Å². The van der Waals surface area contributed by atoms with Crippen LogP contribution in [0.5, 0.6) is 0 Å². The van der Waals surface area contributed by atoms with Gasteiger partial charge in [-0.25, -0.2) is 0 Å². The molecule has 0 saturated heterocycles. The standard InChI is InChI=1S/C5H13N2.C2H6N.Sn/c1-5(2,7)3-4-6;1-2-3;/h6H,3-4,7H2,1-2H3;1-3H2;/q-1;;+1. The van der Waals surface area contributed by atoms with Gasteiger partial charge < -0.3 is 0 Å². The van der Waals surface area contributed by atoms with Crippen molar-refractivity contribution < 1.29 is 0 Å². The van der Waals surface area contributed by atoms with E-state index >= 15 is 0 Å². The average molecular weight is 264 g/mol. The van der Waals surface area contributed by atoms with E-state index in [0.29, 0.717) is 0 Å². The summed E-state index contributed by atoms with van der Waals surface area (Å²) < 4.78 is 4.67. The van der Waals surface area contributed by atoms with Gasteiger partial charge in [-0.05, 0) is 0 Å². The molecule has 0 bridgehead atoms. The second kappa shape index (κ2) is 6.22. The Kier molecular flexibility index (Phi) is 6.61. The third-order valence-electron chi connectivity index (χ3n) is 1.29. The molecular weight excluding hydrogens is 245 g/mol. The fraction of sp³-hybridized carbons (Fsp3) is 1.00. The summed E-state index contributed by atoms with van der Waals surface area (Å²) in [5.74, 6) is 0. The molecular formula is C7H19N3Sn. The third-order valence-corrected chi connectivity index (χ3v) is 4.25. The van der Waals surface area contributed by atoms with Gasteiger partial charge in [0, 0.05) is 0 Å². The molecule has 4 heteroatoms. The van der Waals surface area contributed by atoms with E-state index < -0.39 is 0 Å². The molecule has 0 atom stereocenters. The Morgan fingerprint density at radius 2 is 2.09 bits per heavy atom. The summed E-state index contributed by atoms with van der Waals surface area (Å²) >= 11 is -0.333. The van der Waals surface area contributed by atoms with Crippen LogP contribution in [0.25, 0.3) is 0 Å². The van der Waals surface area contributed by atoms with E-state index in [1.165, 1.54) is 4.44 Å². The van der Waals surface area contributed by atoms with E-state index in [9.17, 15) is 0 Å². The van der Waals surface area contributed by atoms with Crippen molar-refractivity contribution in [2.24, 2.45) is 11.5 Å². The molecule has 2 radical (unpaired) electrons. The molecule has 0 saturated carbocycles. The van der Waals surface area contributed by atoms with Crippen LogP contribution in [0.4, 0.5) is 0 Å². The molecule has 0 aromatic heterocycles. The minimum absolute atomic E-state index is 0.0187. The summed E-state index contributed by atoms with van der Waals surface area (Å²) in [6.45, 7) is 6.02. The predicted octanol–water partition coefficient (Wildman–Crippen LogP) is -0.300. The quantitative estimate of drug-likeness (QED) is 0.456. The average Bonchev–Trinajstić information content (AvgIpc) is 1.85. The van der Waals surface area contributed by atoms with E-state index in [1.807, 2.05) is 0 Å². The van der Waals surface area contributed by atoms with Crippen LogP contribution < -0.4 is 15.0 Å². The van der Waals surface area contributed by atoms with Crippen molar-refractivity contribution in [3.63, 3.8) is 0 Å². The number of rotatable bonds is 6. The van der Waals surface area contributed by atoms with Crippen molar-refractivity contribution in [2.75, 3.05) is 13.1 Å². The van der Waals surface area contributed by atoms with E-state index in [1.54, 1.807) is 0 Å². The van der Waals surface area contributed by atoms with Crippen LogP contribution in [0.2, 0.25) is 4.44 Å². The van der Waals surface area contributed by atoms with Gasteiger partial charge in [0.1, 0.15) is 0 Å². The summed E-state index contributed by atoms with van der Waals surface area (Å²) in [5.41, 5.74) is 11.2. The zero-order chi connectivity index (χ0) is 8.74. The van der Waals surface area contributed by atoms with Crippen molar-refractivity contribution in [2.45, 2.75) is 30.2 Å². The third kappa shape index (κ3) is 10.7. The normalized spacial score (nSPS) is 12.0. The maximum absolute atomic E-state index is 5.80. The second-order valence-corrected chi connectivity index (χ2v) is 6.83. The second-order valence-electron chi connectivity index (χ2n) is 3.38. The SMILES string of the molecule is CC(C)(N)CC[NH][Sn][CH2]CN. The summed E-state index contributed by atoms with van der Waals surface area (Å²) in [4.78, 5) is 0. The van der Waals surface area contributed by atoms with Gasteiger partial charge in [-0.2, -0.15) is 0 Å². The zero-order valence-electron chi connectivity index (χ0n) is 7.48. The van der Waals surface area contributed by atoms with Crippen LogP contribution >= 0.6 is 0 Å². The zero-order valence-corrected chi connectivity index (χ0v) is 10.3. The monoisotopic (exact) mass is 265 g/mol. The van der Waals surface area contributed by atoms with Crippen molar-refractivity contribution in [3.8, 4) is 0 Å². The van der Waals surface area contributed by atoms with Crippen LogP contribution in [0, 0.1) is 0 Å². The Hall–Kier alpha value is 0.679. The van der Waals surface area contributed by atoms with E-state index in [4.69, 9.17) is 11.5 Å². The first-order valence-corrected chi connectivity index (χ1v) is 7.45. The molecule has 0 aliphatic rings. The van der Waals surface area contributed by atoms with Gasteiger partial charge >= 0.3 is 79.8 Å². The van der Waals surface area contributed by atoms with E-state index in [2.05, 4.69) is 17.4 Å². The summed E-state index contributed by atoms with van der Waals surface area (Å²) in [5, 5.41) is 0. The fourth-order valence-corrected chi connectivity index (χ4v) is 2.41. The first-order chi connectivity index (χ1) is 5.06. The summed E-state index contributed by atoms with van der Waals surface area (Å²) in [7, 11) is 0. The molecule has 0 rings (SSSR count). The minimum atomic E-state index is -0.333. The molecule has 0 aliphatic heterocycles. The molecule has 0 aromatic carbocycles. The number of nitrogens with two attached hydrogens (primary N) is 2. The van der Waals surface area contributed by atoms with Crippen LogP contribution in [-0.4, -0.2) is 40.0 Å².